The first kappa shape index (κ1) is 100. The maximum absolute atomic E-state index is 11.8. The number of ketones is 1. The molecule has 14 nitrogen and oxygen atoms in total. The van der Waals surface area contributed by atoms with Gasteiger partial charge in [-0.15, -0.1) is 162 Å². The molecule has 127 heavy (non-hydrogen) atoms. The number of hydrogen-bond acceptors (Lipinski definition) is 12. The van der Waals surface area contributed by atoms with Gasteiger partial charge >= 0.3 is 0 Å². The summed E-state index contributed by atoms with van der Waals surface area (Å²) in [5.74, 6) is 1.80. The fourth-order valence-corrected chi connectivity index (χ4v) is 13.6. The van der Waals surface area contributed by atoms with E-state index in [4.69, 9.17) is 14.5 Å². The first-order valence-electron chi connectivity index (χ1n) is 40.3. The molecule has 649 valence electrons. The van der Waals surface area contributed by atoms with Gasteiger partial charge in [0.2, 0.25) is 0 Å². The number of nitrogens with zero attached hydrogens (tertiary/aromatic N) is 9. The Morgan fingerprint density at radius 1 is 0.512 bits per heavy atom. The first-order chi connectivity index (χ1) is 59.5. The van der Waals surface area contributed by atoms with Gasteiger partial charge in [0, 0.05) is 166 Å². The minimum Gasteiger partial charge on any atom is -0.854 e. The fraction of sp³-hybridized carbons (Fsp3) is 0.102. The van der Waals surface area contributed by atoms with Crippen LogP contribution in [0.2, 0.25) is 0 Å². The van der Waals surface area contributed by atoms with Crippen molar-refractivity contribution in [1.29, 1.82) is 0 Å². The molecule has 0 saturated heterocycles. The van der Waals surface area contributed by atoms with Crippen molar-refractivity contribution < 1.29 is 115 Å². The maximum atomic E-state index is 11.8. The van der Waals surface area contributed by atoms with Crippen LogP contribution in [-0.2, 0) is 105 Å². The van der Waals surface area contributed by atoms with Gasteiger partial charge in [-0.05, 0) is 144 Å². The van der Waals surface area contributed by atoms with Crippen molar-refractivity contribution in [2.24, 2.45) is 5.10 Å². The summed E-state index contributed by atoms with van der Waals surface area (Å²) < 4.78 is 7.44. The quantitative estimate of drug-likeness (QED) is 0.0369. The normalized spacial score (nSPS) is 11.9. The van der Waals surface area contributed by atoms with Gasteiger partial charge in [0.1, 0.15) is 0 Å². The van der Waals surface area contributed by atoms with Gasteiger partial charge in [-0.2, -0.15) is 41.0 Å². The molecule has 3 aliphatic rings. The SMILES string of the molecule is CC(=O)C=C(C)O.CC(C)N/N=C1\C(=[N-])c2[c-]cccc2-c2ccccc21.CC(C)c1cccc(C(C)C)c1-n1ccnc1-c1[c-]cccc1.O=c1oc2ccccc2[c-]c1-c1ccccn1.[Ir].[Ir].[Ir].[Ir].[Ir].[c-]1ccccc1-c1cc(-c2ccccc2)c2cc(-c3ccccc3)ccc2n1.[c-]1ccccc1-c1ccccn1.[c-]1ccccc1N1C=C2C=CC=CN2[CH-]1. The number of aromatic nitrogens is 5. The molecule has 11 aromatic carbocycles. The Morgan fingerprint density at radius 2 is 1.08 bits per heavy atom. The van der Waals surface area contributed by atoms with E-state index in [1.165, 1.54) is 64.7 Å². The van der Waals surface area contributed by atoms with Crippen molar-refractivity contribution in [3.8, 4) is 84.2 Å². The van der Waals surface area contributed by atoms with Gasteiger partial charge in [-0.25, -0.2) is 5.71 Å². The number of aliphatic hydroxyl groups is 1. The third-order valence-electron chi connectivity index (χ3n) is 19.3. The minimum absolute atomic E-state index is 0. The van der Waals surface area contributed by atoms with E-state index < -0.39 is 5.63 Å². The third-order valence-corrected chi connectivity index (χ3v) is 19.3. The number of rotatable bonds is 13. The van der Waals surface area contributed by atoms with Gasteiger partial charge in [0.15, 0.2) is 5.78 Å². The van der Waals surface area contributed by atoms with E-state index in [0.29, 0.717) is 40.0 Å². The summed E-state index contributed by atoms with van der Waals surface area (Å²) in [6.45, 7) is 17.9. The topological polar surface area (TPSA) is 177 Å². The average molecular weight is 2550 g/mol. The summed E-state index contributed by atoms with van der Waals surface area (Å²) in [6, 6.07) is 120. The summed E-state index contributed by atoms with van der Waals surface area (Å²) in [5, 5.41) is 25.2. The molecule has 19 rings (SSSR count). The van der Waals surface area contributed by atoms with E-state index in [-0.39, 0.29) is 124 Å². The molecule has 16 aromatic rings. The van der Waals surface area contributed by atoms with Crippen molar-refractivity contribution in [2.45, 2.75) is 73.3 Å². The number of pyridine rings is 3. The first-order valence-corrected chi connectivity index (χ1v) is 40.3. The van der Waals surface area contributed by atoms with Crippen LogP contribution in [0.5, 0.6) is 0 Å². The standard InChI is InChI=1S/C27H18N.C21H23N2.C17H15N3.C14H8NO2.C13H10N2.C11H8N.C5H8O2.5Ir/c1-4-10-20(11-5-1)23-16-17-26-25(18-23)24(21-12-6-2-7-13-21)19-27(28-26)22-14-8-3-9-15-22;1-15(2)18-11-8-12-19(16(3)4)20(18)23-14-13-22-21(23)17-9-6-5-7-10-17;1-11(2)19-20-17-15-10-6-4-8-13(15)12-7-3-5-9-14(12)16(17)18;16-14-11(12-6-3-4-8-15-12)9-10-5-1-2-7-13(10)17-14;1-2-6-12(7-3-1)15-10-13-8-4-5-9-14(13)11-15;1-2-6-10(7-3-1)11-8-4-5-9-12-11;1-4(6)3-5(2)7;;;;;/h1-14,16-19H;5-9,11-16H,1-4H3;3-8,10-11,19H,1-2H3;1-8H;1-6,8-11H;1-6,8-9H;3,6H,1-2H3;;;;;/q2*-1;-2;-1;-2;-1;;;;;;/b;;20-17-;;;;;;;;;. The van der Waals surface area contributed by atoms with Crippen LogP contribution < -0.4 is 16.0 Å². The van der Waals surface area contributed by atoms with Crippen molar-refractivity contribution in [1.82, 2.24) is 34.8 Å². The molecular weight excluding hydrogens is 2460 g/mol. The average Bonchev–Trinajstić information content (AvgIpc) is 1.03. The molecule has 0 bridgehead atoms. The van der Waals surface area contributed by atoms with Crippen LogP contribution in [0.4, 0.5) is 5.69 Å². The molecule has 0 atom stereocenters. The van der Waals surface area contributed by atoms with Gasteiger partial charge in [-0.1, -0.05) is 202 Å². The number of imidazole rings is 1. The second kappa shape index (κ2) is 50.3. The van der Waals surface area contributed by atoms with Gasteiger partial charge in [0.05, 0.1) is 22.7 Å². The van der Waals surface area contributed by atoms with Gasteiger partial charge in [-0.3, -0.25) is 24.5 Å². The summed E-state index contributed by atoms with van der Waals surface area (Å²) in [6.07, 6.45) is 18.8. The van der Waals surface area contributed by atoms with Crippen molar-refractivity contribution in [3.05, 3.63) is 457 Å². The number of hydrogen-bond donors (Lipinski definition) is 2. The number of allylic oxidation sites excluding steroid dienone is 5. The van der Waals surface area contributed by atoms with E-state index in [9.17, 15) is 15.0 Å². The molecule has 0 amide bonds. The van der Waals surface area contributed by atoms with Crippen molar-refractivity contribution >= 4 is 44.8 Å². The Hall–Kier alpha value is -12.0. The molecule has 0 saturated carbocycles. The van der Waals surface area contributed by atoms with Crippen LogP contribution in [0, 0.1) is 43.1 Å². The number of para-hydroxylation sites is 3. The van der Waals surface area contributed by atoms with E-state index in [0.717, 1.165) is 72.6 Å². The molecule has 2 aliphatic heterocycles. The molecule has 7 heterocycles. The number of aliphatic hydroxyl groups excluding tert-OH is 1. The second-order valence-corrected chi connectivity index (χ2v) is 29.3. The van der Waals surface area contributed by atoms with Crippen molar-refractivity contribution in [3.63, 3.8) is 0 Å². The Morgan fingerprint density at radius 3 is 1.66 bits per heavy atom. The van der Waals surface area contributed by atoms with Crippen LogP contribution in [0.1, 0.15) is 89.5 Å². The second-order valence-electron chi connectivity index (χ2n) is 29.3. The van der Waals surface area contributed by atoms with E-state index in [1.54, 1.807) is 36.7 Å². The number of carbonyl (C=O) groups excluding carboxylic acids is 1. The largest absolute Gasteiger partial charge is 0.854 e. The van der Waals surface area contributed by atoms with E-state index >= 15 is 0 Å². The number of benzene rings is 11. The summed E-state index contributed by atoms with van der Waals surface area (Å²) in [4.78, 5) is 43.8. The smallest absolute Gasteiger partial charge is 0.268 e. The number of nitrogens with one attached hydrogen (secondary N) is 1. The minimum atomic E-state index is -0.414. The van der Waals surface area contributed by atoms with Crippen LogP contribution in [0.3, 0.4) is 0 Å². The summed E-state index contributed by atoms with van der Waals surface area (Å²) in [7, 11) is 0. The molecule has 5 aromatic heterocycles. The Kier molecular flexibility index (Phi) is 39.8. The van der Waals surface area contributed by atoms with Gasteiger partial charge in [0.25, 0.3) is 5.63 Å². The van der Waals surface area contributed by atoms with Crippen LogP contribution >= 0.6 is 0 Å². The number of anilines is 1. The Labute approximate surface area is 811 Å². The number of carbonyl (C=O) groups is 1. The van der Waals surface area contributed by atoms with E-state index in [1.807, 2.05) is 221 Å². The van der Waals surface area contributed by atoms with Gasteiger partial charge < -0.3 is 39.7 Å². The summed E-state index contributed by atoms with van der Waals surface area (Å²) >= 11 is 0. The zero-order valence-electron chi connectivity index (χ0n) is 70.8. The van der Waals surface area contributed by atoms with Crippen LogP contribution in [0.15, 0.2) is 391 Å². The molecule has 19 heteroatoms. The number of hydrazone groups is 1. The maximum Gasteiger partial charge on any atom is 0.268 e. The Balaban J connectivity index is 0.000000187. The molecular formula is C108H90Ir5N10O4-8. The molecule has 1 aliphatic carbocycles. The summed E-state index contributed by atoms with van der Waals surface area (Å²) in [5.41, 5.74) is 25.5. The number of fused-ring (bicyclic) bond motifs is 6. The monoisotopic (exact) mass is 2560 g/mol. The molecule has 2 N–H and O–H groups in total. The zero-order chi connectivity index (χ0) is 85.1. The van der Waals surface area contributed by atoms with Crippen LogP contribution in [0.25, 0.3) is 112 Å². The van der Waals surface area contributed by atoms with Crippen LogP contribution in [-0.4, -0.2) is 57.8 Å². The third kappa shape index (κ3) is 27.0. The predicted molar refractivity (Wildman–Crippen MR) is 496 cm³/mol. The molecule has 0 spiro atoms. The fourth-order valence-electron chi connectivity index (χ4n) is 13.6. The molecule has 5 radical (unpaired) electrons. The molecule has 0 fully saturated rings. The van der Waals surface area contributed by atoms with Crippen molar-refractivity contribution in [2.75, 3.05) is 4.90 Å². The molecule has 0 unspecified atom stereocenters. The Bertz CT molecular complexity index is 6350. The zero-order valence-corrected chi connectivity index (χ0v) is 82.8. The predicted octanol–water partition coefficient (Wildman–Crippen LogP) is 24.7. The van der Waals surface area contributed by atoms with E-state index in [2.05, 4.69) is 226 Å².